The van der Waals surface area contributed by atoms with E-state index in [4.69, 9.17) is 11.6 Å². The summed E-state index contributed by atoms with van der Waals surface area (Å²) in [6.07, 6.45) is 1.15. The van der Waals surface area contributed by atoms with Gasteiger partial charge < -0.3 is 9.64 Å². The monoisotopic (exact) mass is 304 g/mol. The Balaban J connectivity index is 3.26. The summed E-state index contributed by atoms with van der Waals surface area (Å²) in [7, 11) is 0.589. The normalized spacial score (nSPS) is 11.6. The number of halogens is 1. The average Bonchev–Trinajstić information content (AvgIpc) is 2.36. The van der Waals surface area contributed by atoms with E-state index in [1.54, 1.807) is 14.1 Å². The van der Waals surface area contributed by atoms with Crippen LogP contribution in [0.3, 0.4) is 0 Å². The molecule has 1 aromatic rings. The molecule has 0 aliphatic heterocycles. The molecule has 0 aliphatic rings. The Morgan fingerprint density at radius 3 is 2.58 bits per heavy atom. The van der Waals surface area contributed by atoms with Crippen molar-refractivity contribution in [2.75, 3.05) is 21.2 Å². The van der Waals surface area contributed by atoms with Gasteiger partial charge in [-0.05, 0) is 18.2 Å². The highest BCUT2D eigenvalue weighted by molar-refractivity contribution is 7.90. The zero-order chi connectivity index (χ0) is 14.6. The highest BCUT2D eigenvalue weighted by Crippen LogP contribution is 2.22. The van der Waals surface area contributed by atoms with Gasteiger partial charge >= 0.3 is 5.97 Å². The van der Waals surface area contributed by atoms with Crippen molar-refractivity contribution in [1.29, 1.82) is 0 Å². The first kappa shape index (κ1) is 15.5. The summed E-state index contributed by atoms with van der Waals surface area (Å²) in [5, 5.41) is 0.113. The molecule has 0 heterocycles. The number of carbonyl (C=O) groups is 1. The van der Waals surface area contributed by atoms with Crippen LogP contribution in [-0.2, 0) is 14.8 Å². The smallest absolute Gasteiger partial charge is 0.339 e. The zero-order valence-electron chi connectivity index (χ0n) is 10.6. The Morgan fingerprint density at radius 2 is 2.05 bits per heavy atom. The minimum absolute atomic E-state index is 0.0229. The average molecular weight is 305 g/mol. The van der Waals surface area contributed by atoms with Crippen LogP contribution >= 0.6 is 11.6 Å². The van der Waals surface area contributed by atoms with E-state index in [1.807, 2.05) is 0 Å². The first-order chi connectivity index (χ1) is 8.77. The van der Waals surface area contributed by atoms with Crippen LogP contribution in [-0.4, -0.2) is 46.8 Å². The predicted octanol–water partition coefficient (Wildman–Crippen LogP) is 1.41. The fourth-order valence-electron chi connectivity index (χ4n) is 1.15. The minimum atomic E-state index is -3.87. The molecule has 104 valence electrons. The Morgan fingerprint density at radius 1 is 1.42 bits per heavy atom. The van der Waals surface area contributed by atoms with Gasteiger partial charge in [0.1, 0.15) is 6.34 Å². The number of hydrogen-bond acceptors (Lipinski definition) is 4. The van der Waals surface area contributed by atoms with Gasteiger partial charge in [-0.2, -0.15) is 8.42 Å². The molecule has 1 rings (SSSR count). The van der Waals surface area contributed by atoms with Crippen LogP contribution < -0.4 is 0 Å². The molecule has 0 amide bonds. The van der Waals surface area contributed by atoms with E-state index < -0.39 is 16.0 Å². The molecule has 0 radical (unpaired) electrons. The highest BCUT2D eigenvalue weighted by Gasteiger charge is 2.18. The van der Waals surface area contributed by atoms with Crippen molar-refractivity contribution < 1.29 is 17.9 Å². The molecule has 0 saturated heterocycles. The fraction of sp³-hybridized carbons (Fsp3) is 0.273. The second-order valence-electron chi connectivity index (χ2n) is 3.79. The third-order valence-corrected chi connectivity index (χ3v) is 3.61. The lowest BCUT2D eigenvalue weighted by Crippen LogP contribution is -2.10. The molecule has 0 aromatic heterocycles. The maximum absolute atomic E-state index is 11.9. The van der Waals surface area contributed by atoms with Crippen molar-refractivity contribution in [2.24, 2.45) is 4.40 Å². The molecule has 0 atom stereocenters. The molecule has 0 fully saturated rings. The summed E-state index contributed by atoms with van der Waals surface area (Å²) in [5.41, 5.74) is -0.0229. The van der Waals surface area contributed by atoms with E-state index in [0.717, 1.165) is 12.4 Å². The second kappa shape index (κ2) is 6.03. The Bertz CT molecular complexity index is 611. The lowest BCUT2D eigenvalue weighted by atomic mass is 10.2. The molecule has 0 unspecified atom stereocenters. The van der Waals surface area contributed by atoms with Gasteiger partial charge in [-0.1, -0.05) is 11.6 Å². The van der Waals surface area contributed by atoms with Crippen molar-refractivity contribution in [1.82, 2.24) is 4.90 Å². The number of hydrogen-bond donors (Lipinski definition) is 0. The van der Waals surface area contributed by atoms with Crippen LogP contribution in [0.4, 0.5) is 0 Å². The van der Waals surface area contributed by atoms with Gasteiger partial charge in [0.05, 0.1) is 22.6 Å². The van der Waals surface area contributed by atoms with Crippen molar-refractivity contribution in [2.45, 2.75) is 4.90 Å². The summed E-state index contributed by atoms with van der Waals surface area (Å²) in [6, 6.07) is 3.72. The van der Waals surface area contributed by atoms with E-state index in [2.05, 4.69) is 9.13 Å². The lowest BCUT2D eigenvalue weighted by molar-refractivity contribution is 0.0600. The third-order valence-electron chi connectivity index (χ3n) is 2.06. The van der Waals surface area contributed by atoms with E-state index >= 15 is 0 Å². The predicted molar refractivity (Wildman–Crippen MR) is 72.2 cm³/mol. The van der Waals surface area contributed by atoms with Crippen LogP contribution in [0.15, 0.2) is 27.5 Å². The second-order valence-corrected chi connectivity index (χ2v) is 5.83. The van der Waals surface area contributed by atoms with Crippen molar-refractivity contribution in [3.8, 4) is 0 Å². The molecule has 0 spiro atoms. The number of esters is 1. The first-order valence-electron chi connectivity index (χ1n) is 5.12. The van der Waals surface area contributed by atoms with Gasteiger partial charge in [0.15, 0.2) is 0 Å². The quantitative estimate of drug-likeness (QED) is 0.477. The van der Waals surface area contributed by atoms with E-state index in [1.165, 1.54) is 24.1 Å². The number of benzene rings is 1. The van der Waals surface area contributed by atoms with E-state index in [0.29, 0.717) is 0 Å². The van der Waals surface area contributed by atoms with Gasteiger partial charge in [0, 0.05) is 14.1 Å². The number of rotatable bonds is 4. The standard InChI is InChI=1S/C11H13ClN2O4S/c1-14(2)7-13-19(16,17)8-4-5-10(12)9(6-8)11(15)18-3/h4-7H,1-3H3. The maximum Gasteiger partial charge on any atom is 0.339 e. The fourth-order valence-corrected chi connectivity index (χ4v) is 2.28. The van der Waals surface area contributed by atoms with Gasteiger partial charge in [0.2, 0.25) is 0 Å². The summed E-state index contributed by atoms with van der Waals surface area (Å²) >= 11 is 5.81. The van der Waals surface area contributed by atoms with Crippen LogP contribution in [0, 0.1) is 0 Å². The van der Waals surface area contributed by atoms with Gasteiger partial charge in [0.25, 0.3) is 10.0 Å². The Kier molecular flexibility index (Phi) is 4.90. The van der Waals surface area contributed by atoms with Gasteiger partial charge in [-0.3, -0.25) is 0 Å². The SMILES string of the molecule is COC(=O)c1cc(S(=O)(=O)N=CN(C)C)ccc1Cl. The van der Waals surface area contributed by atoms with Crippen LogP contribution in [0.1, 0.15) is 10.4 Å². The van der Waals surface area contributed by atoms with Crippen molar-refractivity contribution >= 4 is 33.9 Å². The number of ether oxygens (including phenoxy) is 1. The molecular formula is C11H13ClN2O4S. The van der Waals surface area contributed by atoms with E-state index in [9.17, 15) is 13.2 Å². The molecule has 1 aromatic carbocycles. The summed E-state index contributed by atoms with van der Waals surface area (Å²) in [6.45, 7) is 0. The molecular weight excluding hydrogens is 292 g/mol. The number of carbonyl (C=O) groups excluding carboxylic acids is 1. The topological polar surface area (TPSA) is 76.0 Å². The van der Waals surface area contributed by atoms with Crippen LogP contribution in [0.5, 0.6) is 0 Å². The maximum atomic E-state index is 11.9. The summed E-state index contributed by atoms with van der Waals surface area (Å²) in [4.78, 5) is 12.8. The van der Waals surface area contributed by atoms with Crippen LogP contribution in [0.2, 0.25) is 5.02 Å². The molecule has 0 aliphatic carbocycles. The highest BCUT2D eigenvalue weighted by atomic mass is 35.5. The molecule has 8 heteroatoms. The molecule has 0 saturated carbocycles. The molecule has 0 N–H and O–H groups in total. The first-order valence-corrected chi connectivity index (χ1v) is 6.94. The van der Waals surface area contributed by atoms with Crippen molar-refractivity contribution in [3.63, 3.8) is 0 Å². The summed E-state index contributed by atoms with van der Waals surface area (Å²) < 4.78 is 31.8. The largest absolute Gasteiger partial charge is 0.465 e. The van der Waals surface area contributed by atoms with Gasteiger partial charge in [-0.15, -0.1) is 4.40 Å². The summed E-state index contributed by atoms with van der Waals surface area (Å²) in [5.74, 6) is -0.710. The zero-order valence-corrected chi connectivity index (χ0v) is 12.2. The Hall–Kier alpha value is -1.60. The third kappa shape index (κ3) is 3.93. The Labute approximate surface area is 116 Å². The minimum Gasteiger partial charge on any atom is -0.465 e. The molecule has 0 bridgehead atoms. The molecule has 6 nitrogen and oxygen atoms in total. The lowest BCUT2D eigenvalue weighted by Gasteiger charge is -2.06. The van der Waals surface area contributed by atoms with Gasteiger partial charge in [-0.25, -0.2) is 4.79 Å². The number of nitrogens with zero attached hydrogens (tertiary/aromatic N) is 2. The number of sulfonamides is 1. The molecule has 19 heavy (non-hydrogen) atoms. The van der Waals surface area contributed by atoms with E-state index in [-0.39, 0.29) is 15.5 Å². The van der Waals surface area contributed by atoms with Crippen molar-refractivity contribution in [3.05, 3.63) is 28.8 Å². The number of methoxy groups -OCH3 is 1. The van der Waals surface area contributed by atoms with Crippen LogP contribution in [0.25, 0.3) is 0 Å².